The summed E-state index contributed by atoms with van der Waals surface area (Å²) in [6.45, 7) is 3.83. The Balaban J connectivity index is 2.20. The number of hydrogen-bond donors (Lipinski definition) is 2. The first-order valence-electron chi connectivity index (χ1n) is 7.10. The number of aliphatic carboxylic acids is 1. The van der Waals surface area contributed by atoms with Crippen LogP contribution in [0, 0.1) is 5.92 Å². The molecule has 0 unspecified atom stereocenters. The van der Waals surface area contributed by atoms with E-state index in [1.54, 1.807) is 4.57 Å². The molecule has 1 amide bonds. The van der Waals surface area contributed by atoms with Crippen LogP contribution in [0.3, 0.4) is 0 Å². The summed E-state index contributed by atoms with van der Waals surface area (Å²) in [5, 5.41) is 11.8. The Morgan fingerprint density at radius 3 is 2.55 bits per heavy atom. The van der Waals surface area contributed by atoms with Crippen LogP contribution in [0.15, 0.2) is 42.9 Å². The third kappa shape index (κ3) is 3.72. The molecule has 0 radical (unpaired) electrons. The maximum atomic E-state index is 12.4. The van der Waals surface area contributed by atoms with E-state index in [1.165, 1.54) is 12.5 Å². The lowest BCUT2D eigenvalue weighted by atomic mass is 10.0. The van der Waals surface area contributed by atoms with Crippen molar-refractivity contribution < 1.29 is 14.7 Å². The third-order valence-electron chi connectivity index (χ3n) is 3.22. The number of rotatable bonds is 6. The lowest BCUT2D eigenvalue weighted by Crippen LogP contribution is -2.42. The summed E-state index contributed by atoms with van der Waals surface area (Å²) >= 11 is 0. The lowest BCUT2D eigenvalue weighted by Gasteiger charge is -2.17. The van der Waals surface area contributed by atoms with Gasteiger partial charge in [0.15, 0.2) is 0 Å². The van der Waals surface area contributed by atoms with Gasteiger partial charge in [-0.25, -0.2) is 9.78 Å². The first-order valence-corrected chi connectivity index (χ1v) is 7.10. The van der Waals surface area contributed by atoms with Gasteiger partial charge < -0.3 is 10.4 Å². The Morgan fingerprint density at radius 2 is 1.95 bits per heavy atom. The average Bonchev–Trinajstić information content (AvgIpc) is 2.96. The Morgan fingerprint density at radius 1 is 1.27 bits per heavy atom. The zero-order chi connectivity index (χ0) is 16.1. The number of carboxylic acids is 1. The molecule has 6 nitrogen and oxygen atoms in total. The highest BCUT2D eigenvalue weighted by molar-refractivity contribution is 5.95. The molecule has 22 heavy (non-hydrogen) atoms. The van der Waals surface area contributed by atoms with Crippen LogP contribution in [0.25, 0.3) is 5.69 Å². The molecule has 2 N–H and O–H groups in total. The van der Waals surface area contributed by atoms with Gasteiger partial charge in [-0.05, 0) is 24.5 Å². The number of aromatic nitrogens is 2. The number of hydrogen-bond acceptors (Lipinski definition) is 3. The molecule has 2 aromatic rings. The van der Waals surface area contributed by atoms with Crippen molar-refractivity contribution in [3.8, 4) is 5.69 Å². The summed E-state index contributed by atoms with van der Waals surface area (Å²) in [6.07, 6.45) is 3.33. The molecule has 1 aromatic heterocycles. The zero-order valence-corrected chi connectivity index (χ0v) is 12.6. The summed E-state index contributed by atoms with van der Waals surface area (Å²) < 4.78 is 1.63. The number of carbonyl (C=O) groups excluding carboxylic acids is 1. The number of carbonyl (C=O) groups is 2. The molecular formula is C16H19N3O3. The number of imidazole rings is 1. The summed E-state index contributed by atoms with van der Waals surface area (Å²) in [4.78, 5) is 27.6. The minimum Gasteiger partial charge on any atom is -0.480 e. The molecule has 0 saturated carbocycles. The minimum absolute atomic E-state index is 0.167. The van der Waals surface area contributed by atoms with Crippen molar-refractivity contribution in [2.24, 2.45) is 5.92 Å². The molecule has 116 valence electrons. The number of para-hydroxylation sites is 1. The van der Waals surface area contributed by atoms with Crippen LogP contribution < -0.4 is 5.32 Å². The highest BCUT2D eigenvalue weighted by Gasteiger charge is 2.23. The van der Waals surface area contributed by atoms with E-state index in [2.05, 4.69) is 10.3 Å². The van der Waals surface area contributed by atoms with Crippen LogP contribution in [0.1, 0.15) is 30.8 Å². The Labute approximate surface area is 128 Å². The quantitative estimate of drug-likeness (QED) is 0.855. The second kappa shape index (κ2) is 6.89. The number of nitrogens with one attached hydrogen (secondary N) is 1. The molecule has 0 spiro atoms. The molecule has 1 atom stereocenters. The molecular weight excluding hydrogens is 282 g/mol. The Bertz CT molecular complexity index is 650. The zero-order valence-electron chi connectivity index (χ0n) is 12.6. The van der Waals surface area contributed by atoms with Crippen LogP contribution >= 0.6 is 0 Å². The van der Waals surface area contributed by atoms with Crippen LogP contribution in [-0.4, -0.2) is 32.6 Å². The molecule has 1 aromatic carbocycles. The maximum absolute atomic E-state index is 12.4. The van der Waals surface area contributed by atoms with Crippen molar-refractivity contribution in [3.05, 3.63) is 48.5 Å². The van der Waals surface area contributed by atoms with E-state index >= 15 is 0 Å². The van der Waals surface area contributed by atoms with E-state index in [-0.39, 0.29) is 5.92 Å². The predicted octanol–water partition coefficient (Wildman–Crippen LogP) is 2.10. The predicted molar refractivity (Wildman–Crippen MR) is 81.9 cm³/mol. The van der Waals surface area contributed by atoms with Crippen LogP contribution in [-0.2, 0) is 4.79 Å². The topological polar surface area (TPSA) is 84.2 Å². The molecule has 0 bridgehead atoms. The van der Waals surface area contributed by atoms with Crippen molar-refractivity contribution in [2.45, 2.75) is 26.3 Å². The molecule has 2 rings (SSSR count). The van der Waals surface area contributed by atoms with Crippen molar-refractivity contribution >= 4 is 11.9 Å². The monoisotopic (exact) mass is 301 g/mol. The van der Waals surface area contributed by atoms with E-state index in [1.807, 2.05) is 44.2 Å². The molecule has 0 fully saturated rings. The van der Waals surface area contributed by atoms with Gasteiger partial charge >= 0.3 is 5.97 Å². The molecule has 0 aliphatic heterocycles. The largest absolute Gasteiger partial charge is 0.480 e. The number of carboxylic acid groups (broad SMARTS) is 1. The van der Waals surface area contributed by atoms with Crippen LogP contribution in [0.2, 0.25) is 0 Å². The summed E-state index contributed by atoms with van der Waals surface area (Å²) in [5.41, 5.74) is 1.10. The third-order valence-corrected chi connectivity index (χ3v) is 3.22. The Kier molecular flexibility index (Phi) is 4.93. The van der Waals surface area contributed by atoms with Crippen LogP contribution in [0.5, 0.6) is 0 Å². The van der Waals surface area contributed by atoms with Gasteiger partial charge in [0.1, 0.15) is 11.7 Å². The smallest absolute Gasteiger partial charge is 0.326 e. The van der Waals surface area contributed by atoms with Crippen molar-refractivity contribution in [2.75, 3.05) is 0 Å². The second-order valence-electron chi connectivity index (χ2n) is 5.48. The van der Waals surface area contributed by atoms with Gasteiger partial charge in [0.25, 0.3) is 5.91 Å². The molecule has 0 aliphatic carbocycles. The minimum atomic E-state index is -1.03. The van der Waals surface area contributed by atoms with E-state index in [9.17, 15) is 14.7 Å². The molecule has 0 saturated heterocycles. The molecule has 0 aliphatic rings. The maximum Gasteiger partial charge on any atom is 0.326 e. The van der Waals surface area contributed by atoms with E-state index in [0.717, 1.165) is 5.69 Å². The number of amides is 1. The fourth-order valence-corrected chi connectivity index (χ4v) is 2.18. The second-order valence-corrected chi connectivity index (χ2v) is 5.48. The molecule has 1 heterocycles. The standard InChI is InChI=1S/C16H19N3O3/c1-11(2)8-13(16(21)22)18-15(20)14-9-17-10-19(14)12-6-4-3-5-7-12/h3-7,9-11,13H,8H2,1-2H3,(H,18,20)(H,21,22)/t13-/m1/s1. The van der Waals surface area contributed by atoms with E-state index < -0.39 is 17.9 Å². The number of benzene rings is 1. The fourth-order valence-electron chi connectivity index (χ4n) is 2.18. The first kappa shape index (κ1) is 15.8. The average molecular weight is 301 g/mol. The summed E-state index contributed by atoms with van der Waals surface area (Å²) in [5.74, 6) is -1.32. The van der Waals surface area contributed by atoms with Gasteiger partial charge in [0, 0.05) is 5.69 Å². The SMILES string of the molecule is CC(C)C[C@@H](NC(=O)c1cncn1-c1ccccc1)C(=O)O. The van der Waals surface area contributed by atoms with Crippen molar-refractivity contribution in [1.29, 1.82) is 0 Å². The summed E-state index contributed by atoms with van der Waals surface area (Å²) in [7, 11) is 0. The fraction of sp³-hybridized carbons (Fsp3) is 0.312. The van der Waals surface area contributed by atoms with E-state index in [0.29, 0.717) is 12.1 Å². The Hall–Kier alpha value is -2.63. The van der Waals surface area contributed by atoms with Gasteiger partial charge in [-0.3, -0.25) is 9.36 Å². The van der Waals surface area contributed by atoms with Crippen molar-refractivity contribution in [3.63, 3.8) is 0 Å². The first-order chi connectivity index (χ1) is 10.5. The summed E-state index contributed by atoms with van der Waals surface area (Å²) in [6, 6.07) is 8.38. The van der Waals surface area contributed by atoms with Gasteiger partial charge in [-0.1, -0.05) is 32.0 Å². The molecule has 6 heteroatoms. The lowest BCUT2D eigenvalue weighted by molar-refractivity contribution is -0.139. The number of nitrogens with zero attached hydrogens (tertiary/aromatic N) is 2. The van der Waals surface area contributed by atoms with Gasteiger partial charge in [-0.2, -0.15) is 0 Å². The normalized spacial score (nSPS) is 12.1. The van der Waals surface area contributed by atoms with Crippen molar-refractivity contribution in [1.82, 2.24) is 14.9 Å². The highest BCUT2D eigenvalue weighted by Crippen LogP contribution is 2.12. The van der Waals surface area contributed by atoms with Gasteiger partial charge in [0.05, 0.1) is 12.5 Å². The van der Waals surface area contributed by atoms with E-state index in [4.69, 9.17) is 0 Å². The highest BCUT2D eigenvalue weighted by atomic mass is 16.4. The van der Waals surface area contributed by atoms with Crippen LogP contribution in [0.4, 0.5) is 0 Å². The van der Waals surface area contributed by atoms with Gasteiger partial charge in [-0.15, -0.1) is 0 Å². The van der Waals surface area contributed by atoms with Gasteiger partial charge in [0.2, 0.25) is 0 Å².